The fourth-order valence-corrected chi connectivity index (χ4v) is 7.13. The van der Waals surface area contributed by atoms with Crippen LogP contribution in [0.25, 0.3) is 0 Å². The number of carbonyl (C=O) groups is 1. The first-order chi connectivity index (χ1) is 27.0. The van der Waals surface area contributed by atoms with Gasteiger partial charge in [0.1, 0.15) is 0 Å². The summed E-state index contributed by atoms with van der Waals surface area (Å²) in [5.41, 5.74) is 0. The molecule has 0 heterocycles. The van der Waals surface area contributed by atoms with Crippen LogP contribution in [0.4, 0.5) is 0 Å². The normalized spacial score (nSPS) is 13.9. The molecule has 0 bridgehead atoms. The van der Waals surface area contributed by atoms with Crippen molar-refractivity contribution in [1.82, 2.24) is 5.32 Å². The zero-order valence-electron chi connectivity index (χ0n) is 36.6. The lowest BCUT2D eigenvalue weighted by Gasteiger charge is -2.20. The van der Waals surface area contributed by atoms with Crippen molar-refractivity contribution >= 4 is 5.91 Å². The van der Waals surface area contributed by atoms with Gasteiger partial charge in [-0.05, 0) is 70.6 Å². The molecule has 0 saturated heterocycles. The molecule has 5 nitrogen and oxygen atoms in total. The van der Waals surface area contributed by atoms with Gasteiger partial charge in [-0.2, -0.15) is 0 Å². The number of unbranched alkanes of at least 4 members (excludes halogenated alkanes) is 28. The molecule has 0 aromatic heterocycles. The number of rotatable bonds is 43. The minimum Gasteiger partial charge on any atom is -0.394 e. The maximum Gasteiger partial charge on any atom is 0.222 e. The third kappa shape index (κ3) is 41.8. The Morgan fingerprint density at radius 1 is 0.455 bits per heavy atom. The van der Waals surface area contributed by atoms with E-state index in [9.17, 15) is 20.1 Å². The Bertz CT molecular complexity index is 896. The van der Waals surface area contributed by atoms with Crippen molar-refractivity contribution in [3.63, 3.8) is 0 Å². The van der Waals surface area contributed by atoms with Gasteiger partial charge in [-0.15, -0.1) is 0 Å². The molecule has 322 valence electrons. The summed E-state index contributed by atoms with van der Waals surface area (Å²) >= 11 is 0. The minimum absolute atomic E-state index is 0.00385. The van der Waals surface area contributed by atoms with Crippen molar-refractivity contribution in [3.8, 4) is 0 Å². The first-order valence-corrected chi connectivity index (χ1v) is 23.9. The zero-order valence-corrected chi connectivity index (χ0v) is 36.6. The molecule has 3 unspecified atom stereocenters. The highest BCUT2D eigenvalue weighted by molar-refractivity contribution is 5.76. The van der Waals surface area contributed by atoms with Gasteiger partial charge in [0.15, 0.2) is 0 Å². The van der Waals surface area contributed by atoms with Crippen molar-refractivity contribution in [2.75, 3.05) is 6.61 Å². The van der Waals surface area contributed by atoms with Crippen LogP contribution in [0.15, 0.2) is 48.6 Å². The van der Waals surface area contributed by atoms with Gasteiger partial charge in [-0.1, -0.05) is 210 Å². The SMILES string of the molecule is CCCCCCCCCCCC/C=C\CCCCCCCC(O)CC(=O)NC(CO)C(O)/C=C/CC/C=C/CC/C=C/CCCCCCCCCCCCC. The second-order valence-electron chi connectivity index (χ2n) is 16.3. The molecule has 0 aliphatic heterocycles. The number of aliphatic hydroxyl groups is 3. The second-order valence-corrected chi connectivity index (χ2v) is 16.3. The van der Waals surface area contributed by atoms with E-state index in [2.05, 4.69) is 55.6 Å². The average Bonchev–Trinajstić information content (AvgIpc) is 3.18. The third-order valence-corrected chi connectivity index (χ3v) is 10.8. The zero-order chi connectivity index (χ0) is 40.1. The van der Waals surface area contributed by atoms with Crippen LogP contribution in [0.5, 0.6) is 0 Å². The van der Waals surface area contributed by atoms with E-state index in [0.717, 1.165) is 51.4 Å². The maximum absolute atomic E-state index is 12.5. The molecular formula is C50H93NO4. The Kier molecular flexibility index (Phi) is 43.6. The highest BCUT2D eigenvalue weighted by Gasteiger charge is 2.20. The molecule has 0 aromatic rings. The summed E-state index contributed by atoms with van der Waals surface area (Å²) in [5, 5.41) is 33.3. The first kappa shape index (κ1) is 53.3. The molecule has 3 atom stereocenters. The van der Waals surface area contributed by atoms with Crippen LogP contribution < -0.4 is 5.32 Å². The van der Waals surface area contributed by atoms with Crippen molar-refractivity contribution in [2.24, 2.45) is 0 Å². The van der Waals surface area contributed by atoms with Crippen LogP contribution in [0, 0.1) is 0 Å². The van der Waals surface area contributed by atoms with Crippen LogP contribution in [0.3, 0.4) is 0 Å². The fourth-order valence-electron chi connectivity index (χ4n) is 7.13. The van der Waals surface area contributed by atoms with Crippen molar-refractivity contribution in [3.05, 3.63) is 48.6 Å². The Hall–Kier alpha value is -1.69. The van der Waals surface area contributed by atoms with Gasteiger partial charge in [0.2, 0.25) is 5.91 Å². The Morgan fingerprint density at radius 3 is 1.16 bits per heavy atom. The van der Waals surface area contributed by atoms with Crippen LogP contribution in [-0.2, 0) is 4.79 Å². The lowest BCUT2D eigenvalue weighted by molar-refractivity contribution is -0.124. The van der Waals surface area contributed by atoms with Crippen LogP contribution in [0.2, 0.25) is 0 Å². The molecule has 0 aromatic carbocycles. The van der Waals surface area contributed by atoms with Gasteiger partial charge in [0, 0.05) is 0 Å². The Labute approximate surface area is 342 Å². The van der Waals surface area contributed by atoms with Gasteiger partial charge in [-0.3, -0.25) is 4.79 Å². The monoisotopic (exact) mass is 772 g/mol. The Balaban J connectivity index is 3.73. The molecule has 0 fully saturated rings. The molecule has 1 amide bonds. The molecule has 5 heteroatoms. The Morgan fingerprint density at radius 2 is 0.782 bits per heavy atom. The minimum atomic E-state index is -0.963. The van der Waals surface area contributed by atoms with E-state index in [0.29, 0.717) is 6.42 Å². The summed E-state index contributed by atoms with van der Waals surface area (Å²) in [7, 11) is 0. The van der Waals surface area contributed by atoms with E-state index in [1.807, 2.05) is 6.08 Å². The standard InChI is InChI=1S/C50H93NO4/c1-3-5-7-9-11-13-15-17-19-21-23-24-26-28-30-32-34-36-38-40-42-44-49(54)48(46-52)51-50(55)45-47(53)43-41-39-37-35-33-31-29-27-25-22-20-18-16-14-12-10-8-6-4-2/h26-29,34,36,42,44,47-49,52-54H,3-25,30-33,35,37-41,43,45-46H2,1-2H3,(H,51,55)/b28-26+,29-27-,36-34+,44-42+. The number of amides is 1. The lowest BCUT2D eigenvalue weighted by Crippen LogP contribution is -2.45. The summed E-state index contributed by atoms with van der Waals surface area (Å²) in [5.74, 6) is -0.334. The van der Waals surface area contributed by atoms with Gasteiger partial charge in [0.25, 0.3) is 0 Å². The first-order valence-electron chi connectivity index (χ1n) is 23.9. The number of carbonyl (C=O) groups excluding carboxylic acids is 1. The fraction of sp³-hybridized carbons (Fsp3) is 0.820. The molecule has 0 radical (unpaired) electrons. The maximum atomic E-state index is 12.5. The molecule has 0 aliphatic rings. The highest BCUT2D eigenvalue weighted by Crippen LogP contribution is 2.15. The van der Waals surface area contributed by atoms with Crippen molar-refractivity contribution in [2.45, 2.75) is 257 Å². The van der Waals surface area contributed by atoms with Crippen LogP contribution >= 0.6 is 0 Å². The number of hydrogen-bond acceptors (Lipinski definition) is 4. The predicted molar refractivity (Wildman–Crippen MR) is 241 cm³/mol. The molecule has 0 rings (SSSR count). The van der Waals surface area contributed by atoms with E-state index >= 15 is 0 Å². The summed E-state index contributed by atoms with van der Waals surface area (Å²) < 4.78 is 0. The van der Waals surface area contributed by atoms with E-state index in [-0.39, 0.29) is 18.9 Å². The van der Waals surface area contributed by atoms with Crippen LogP contribution in [-0.4, -0.2) is 46.1 Å². The molecule has 4 N–H and O–H groups in total. The largest absolute Gasteiger partial charge is 0.394 e. The summed E-state index contributed by atoms with van der Waals surface area (Å²) in [6, 6.07) is -0.771. The van der Waals surface area contributed by atoms with E-state index < -0.39 is 18.2 Å². The molecule has 0 spiro atoms. The van der Waals surface area contributed by atoms with Crippen LogP contribution in [0.1, 0.15) is 239 Å². The van der Waals surface area contributed by atoms with E-state index in [1.165, 1.54) is 161 Å². The van der Waals surface area contributed by atoms with Gasteiger partial charge >= 0.3 is 0 Å². The molecule has 0 saturated carbocycles. The smallest absolute Gasteiger partial charge is 0.222 e. The van der Waals surface area contributed by atoms with Gasteiger partial charge < -0.3 is 20.6 Å². The number of hydrogen-bond donors (Lipinski definition) is 4. The van der Waals surface area contributed by atoms with Gasteiger partial charge in [0.05, 0.1) is 31.3 Å². The van der Waals surface area contributed by atoms with Crippen molar-refractivity contribution < 1.29 is 20.1 Å². The second kappa shape index (κ2) is 45.0. The highest BCUT2D eigenvalue weighted by atomic mass is 16.3. The average molecular weight is 772 g/mol. The summed E-state index contributed by atoms with van der Waals surface area (Å²) in [6.45, 7) is 4.20. The third-order valence-electron chi connectivity index (χ3n) is 10.8. The quantitative estimate of drug-likeness (QED) is 0.0367. The number of allylic oxidation sites excluding steroid dienone is 7. The van der Waals surface area contributed by atoms with E-state index in [1.54, 1.807) is 6.08 Å². The molecule has 55 heavy (non-hydrogen) atoms. The van der Waals surface area contributed by atoms with Gasteiger partial charge in [-0.25, -0.2) is 0 Å². The summed E-state index contributed by atoms with van der Waals surface area (Å²) in [6.07, 6.45) is 58.3. The molecular weight excluding hydrogens is 679 g/mol. The lowest BCUT2D eigenvalue weighted by atomic mass is 10.0. The van der Waals surface area contributed by atoms with Crippen molar-refractivity contribution in [1.29, 1.82) is 0 Å². The topological polar surface area (TPSA) is 89.8 Å². The predicted octanol–water partition coefficient (Wildman–Crippen LogP) is 14.1. The van der Waals surface area contributed by atoms with E-state index in [4.69, 9.17) is 0 Å². The number of nitrogens with one attached hydrogen (secondary N) is 1. The molecule has 0 aliphatic carbocycles. The summed E-state index contributed by atoms with van der Waals surface area (Å²) in [4.78, 5) is 12.5. The number of aliphatic hydroxyl groups excluding tert-OH is 3.